The first-order chi connectivity index (χ1) is 19.2. The third-order valence-electron chi connectivity index (χ3n) is 7.30. The van der Waals surface area contributed by atoms with Gasteiger partial charge < -0.3 is 15.0 Å². The average molecular weight is 553 g/mol. The van der Waals surface area contributed by atoms with Crippen molar-refractivity contribution in [1.29, 1.82) is 0 Å². The van der Waals surface area contributed by atoms with Crippen LogP contribution in [0.5, 0.6) is 0 Å². The number of hydrogen-bond donors (Lipinski definition) is 1. The Morgan fingerprint density at radius 3 is 2.62 bits per heavy atom. The van der Waals surface area contributed by atoms with Crippen LogP contribution in [0.15, 0.2) is 72.0 Å². The summed E-state index contributed by atoms with van der Waals surface area (Å²) >= 11 is 0. The summed E-state index contributed by atoms with van der Waals surface area (Å²) < 4.78 is 8.05. The maximum Gasteiger partial charge on any atom is 0.252 e. The lowest BCUT2D eigenvalue weighted by Crippen LogP contribution is -2.22. The third-order valence-corrected chi connectivity index (χ3v) is 9.01. The summed E-state index contributed by atoms with van der Waals surface area (Å²) in [6.45, 7) is 9.13. The molecule has 40 heavy (non-hydrogen) atoms. The Balaban J connectivity index is 1.43. The maximum absolute atomic E-state index is 12.7. The highest BCUT2D eigenvalue weighted by Crippen LogP contribution is 2.34. The molecule has 208 valence electrons. The number of ether oxygens (including phenoxy) is 1. The molecule has 1 amide bonds. The van der Waals surface area contributed by atoms with Crippen molar-refractivity contribution in [1.82, 2.24) is 20.0 Å². The molecule has 1 unspecified atom stereocenters. The number of amides is 1. The van der Waals surface area contributed by atoms with Gasteiger partial charge in [0, 0.05) is 43.8 Å². The number of nitrogens with one attached hydrogen (secondary N) is 1. The van der Waals surface area contributed by atoms with Gasteiger partial charge in [0.15, 0.2) is 0 Å². The lowest BCUT2D eigenvalue weighted by molar-refractivity contribution is -0.115. The van der Waals surface area contributed by atoms with E-state index in [9.17, 15) is 4.79 Å². The minimum atomic E-state index is -1.18. The second-order valence-corrected chi connectivity index (χ2v) is 17.8. The van der Waals surface area contributed by atoms with Crippen molar-refractivity contribution in [3.05, 3.63) is 94.3 Å². The zero-order chi connectivity index (χ0) is 28.3. The van der Waals surface area contributed by atoms with Crippen LogP contribution in [-0.2, 0) is 22.8 Å². The summed E-state index contributed by atoms with van der Waals surface area (Å²) in [6, 6.07) is 16.1. The van der Waals surface area contributed by atoms with Gasteiger partial charge in [0.1, 0.15) is 6.73 Å². The number of aromatic nitrogens is 2. The molecule has 0 radical (unpaired) electrons. The Kier molecular flexibility index (Phi) is 8.35. The van der Waals surface area contributed by atoms with Gasteiger partial charge in [-0.2, -0.15) is 5.10 Å². The predicted octanol–water partition coefficient (Wildman–Crippen LogP) is 6.55. The fourth-order valence-corrected chi connectivity index (χ4v) is 5.85. The van der Waals surface area contributed by atoms with Crippen LogP contribution in [-0.4, -0.2) is 49.4 Å². The highest BCUT2D eigenvalue weighted by atomic mass is 28.3. The molecule has 0 saturated carbocycles. The Bertz CT molecular complexity index is 1500. The Morgan fingerprint density at radius 1 is 1.10 bits per heavy atom. The first kappa shape index (κ1) is 28.0. The number of fused-ring (bicyclic) bond motifs is 2. The lowest BCUT2D eigenvalue weighted by atomic mass is 9.91. The Labute approximate surface area is 238 Å². The molecule has 5 rings (SSSR count). The van der Waals surface area contributed by atoms with Gasteiger partial charge in [0.25, 0.3) is 5.91 Å². The van der Waals surface area contributed by atoms with Crippen molar-refractivity contribution in [3.63, 3.8) is 0 Å². The highest BCUT2D eigenvalue weighted by molar-refractivity contribution is 6.76. The standard InChI is InChI=1S/C33H40N4O2Si/c1-36(2)22-25-12-10-24(11-13-25)15-17-31-28-16-14-26(20-29-27-8-6-7-9-30(27)34-33(29)38)21-32(28)37(35-31)23-39-18-19-40(3,4)5/h6-7,9-17,20-21,27H,8,18-19,22-23H2,1-5H3,(H,34,38)/b17-15?,29-20+. The number of hydrogen-bond acceptors (Lipinski definition) is 4. The number of carbonyl (C=O) groups excluding carboxylic acids is 1. The third kappa shape index (κ3) is 6.78. The van der Waals surface area contributed by atoms with E-state index >= 15 is 0 Å². The minimum absolute atomic E-state index is 0.0107. The number of carbonyl (C=O) groups is 1. The monoisotopic (exact) mass is 552 g/mol. The molecular formula is C33H40N4O2Si. The van der Waals surface area contributed by atoms with Crippen LogP contribution in [0.2, 0.25) is 25.7 Å². The van der Waals surface area contributed by atoms with Crippen molar-refractivity contribution < 1.29 is 9.53 Å². The molecule has 1 N–H and O–H groups in total. The molecule has 7 heteroatoms. The second kappa shape index (κ2) is 11.9. The zero-order valence-electron chi connectivity index (χ0n) is 24.3. The summed E-state index contributed by atoms with van der Waals surface area (Å²) in [4.78, 5) is 14.9. The van der Waals surface area contributed by atoms with E-state index in [0.717, 1.165) is 64.6 Å². The molecule has 1 atom stereocenters. The highest BCUT2D eigenvalue weighted by Gasteiger charge is 2.32. The van der Waals surface area contributed by atoms with Gasteiger partial charge in [-0.25, -0.2) is 4.68 Å². The first-order valence-corrected chi connectivity index (χ1v) is 17.8. The summed E-state index contributed by atoms with van der Waals surface area (Å²) in [7, 11) is 2.98. The Morgan fingerprint density at radius 2 is 1.88 bits per heavy atom. The van der Waals surface area contributed by atoms with Gasteiger partial charge in [0.05, 0.1) is 11.2 Å². The fourth-order valence-electron chi connectivity index (χ4n) is 5.09. The normalized spacial score (nSPS) is 18.2. The van der Waals surface area contributed by atoms with E-state index in [1.54, 1.807) is 0 Å². The quantitative estimate of drug-likeness (QED) is 0.176. The van der Waals surface area contributed by atoms with Crippen LogP contribution in [0, 0.1) is 5.92 Å². The maximum atomic E-state index is 12.7. The van der Waals surface area contributed by atoms with Gasteiger partial charge in [-0.1, -0.05) is 68.2 Å². The average Bonchev–Trinajstić information content (AvgIpc) is 3.41. The largest absolute Gasteiger partial charge is 0.360 e. The smallest absolute Gasteiger partial charge is 0.252 e. The summed E-state index contributed by atoms with van der Waals surface area (Å²) in [5.41, 5.74) is 7.12. The van der Waals surface area contributed by atoms with Crippen LogP contribution in [0.1, 0.15) is 28.8 Å². The fraction of sp³-hybridized carbons (Fsp3) is 0.333. The molecule has 1 saturated heterocycles. The van der Waals surface area contributed by atoms with E-state index in [-0.39, 0.29) is 11.8 Å². The van der Waals surface area contributed by atoms with Gasteiger partial charge in [-0.3, -0.25) is 4.79 Å². The van der Waals surface area contributed by atoms with Crippen LogP contribution in [0.4, 0.5) is 0 Å². The van der Waals surface area contributed by atoms with Crippen LogP contribution in [0.25, 0.3) is 29.1 Å². The van der Waals surface area contributed by atoms with Crippen molar-refractivity contribution in [2.75, 3.05) is 20.7 Å². The van der Waals surface area contributed by atoms with Gasteiger partial charge in [-0.05, 0) is 73.6 Å². The van der Waals surface area contributed by atoms with Crippen LogP contribution in [0.3, 0.4) is 0 Å². The second-order valence-electron chi connectivity index (χ2n) is 12.2. The first-order valence-electron chi connectivity index (χ1n) is 14.1. The van der Waals surface area contributed by atoms with Gasteiger partial charge in [0.2, 0.25) is 0 Å². The van der Waals surface area contributed by atoms with Crippen molar-refractivity contribution in [2.45, 2.75) is 45.4 Å². The van der Waals surface area contributed by atoms with Crippen LogP contribution >= 0.6 is 0 Å². The van der Waals surface area contributed by atoms with E-state index in [2.05, 4.69) is 105 Å². The SMILES string of the molecule is CN(C)Cc1ccc(C=Cc2nn(COCC[Si](C)(C)C)c3cc(/C=C4/C(=O)NC5=CC=CCC54)ccc23)cc1. The molecular weight excluding hydrogens is 512 g/mol. The summed E-state index contributed by atoms with van der Waals surface area (Å²) in [5.74, 6) is 0.0917. The predicted molar refractivity (Wildman–Crippen MR) is 168 cm³/mol. The number of allylic oxidation sites excluding steroid dienone is 4. The molecule has 2 aliphatic rings. The summed E-state index contributed by atoms with van der Waals surface area (Å²) in [6.07, 6.45) is 13.2. The minimum Gasteiger partial charge on any atom is -0.360 e. The molecule has 0 spiro atoms. The van der Waals surface area contributed by atoms with E-state index in [1.807, 2.05) is 22.9 Å². The van der Waals surface area contributed by atoms with Crippen molar-refractivity contribution >= 4 is 43.1 Å². The topological polar surface area (TPSA) is 59.4 Å². The molecule has 1 fully saturated rings. The molecule has 2 heterocycles. The van der Waals surface area contributed by atoms with E-state index < -0.39 is 8.07 Å². The number of rotatable bonds is 10. The number of nitrogens with zero attached hydrogens (tertiary/aromatic N) is 3. The lowest BCUT2D eigenvalue weighted by Gasteiger charge is -2.15. The Hall–Kier alpha value is -3.52. The molecule has 6 nitrogen and oxygen atoms in total. The van der Waals surface area contributed by atoms with Crippen molar-refractivity contribution in [2.24, 2.45) is 5.92 Å². The zero-order valence-corrected chi connectivity index (χ0v) is 25.3. The number of benzene rings is 2. The molecule has 0 bridgehead atoms. The molecule has 3 aromatic rings. The molecule has 2 aromatic carbocycles. The van der Waals surface area contributed by atoms with E-state index in [4.69, 9.17) is 9.84 Å². The van der Waals surface area contributed by atoms with Gasteiger partial charge in [-0.15, -0.1) is 0 Å². The van der Waals surface area contributed by atoms with Crippen molar-refractivity contribution in [3.8, 4) is 0 Å². The van der Waals surface area contributed by atoms with Gasteiger partial charge >= 0.3 is 0 Å². The molecule has 1 aliphatic heterocycles. The molecule has 1 aromatic heterocycles. The van der Waals surface area contributed by atoms with Crippen LogP contribution < -0.4 is 5.32 Å². The van der Waals surface area contributed by atoms with E-state index in [0.29, 0.717) is 6.73 Å². The summed E-state index contributed by atoms with van der Waals surface area (Å²) in [5, 5.41) is 9.03. The van der Waals surface area contributed by atoms with E-state index in [1.165, 1.54) is 5.56 Å². The molecule has 1 aliphatic carbocycles.